The Morgan fingerprint density at radius 2 is 2.36 bits per heavy atom. The highest BCUT2D eigenvalue weighted by Crippen LogP contribution is 2.34. The van der Waals surface area contributed by atoms with Crippen LogP contribution in [-0.4, -0.2) is 11.7 Å². The third-order valence-corrected chi connectivity index (χ3v) is 3.95. The summed E-state index contributed by atoms with van der Waals surface area (Å²) in [5.74, 6) is 1.03. The average Bonchev–Trinajstić information content (AvgIpc) is 2.29. The van der Waals surface area contributed by atoms with Crippen LogP contribution in [0.5, 0.6) is 0 Å². The molecule has 0 spiro atoms. The van der Waals surface area contributed by atoms with Crippen molar-refractivity contribution in [1.29, 1.82) is 0 Å². The van der Waals surface area contributed by atoms with Gasteiger partial charge in [-0.25, -0.2) is 0 Å². The summed E-state index contributed by atoms with van der Waals surface area (Å²) in [6.45, 7) is 1.95. The summed E-state index contributed by atoms with van der Waals surface area (Å²) in [5, 5.41) is 2.92. The molecule has 14 heavy (non-hydrogen) atoms. The van der Waals surface area contributed by atoms with Gasteiger partial charge in [0.2, 0.25) is 5.91 Å². The van der Waals surface area contributed by atoms with Gasteiger partial charge in [0.05, 0.1) is 5.69 Å². The molecule has 1 aromatic rings. The van der Waals surface area contributed by atoms with Crippen LogP contribution in [0.25, 0.3) is 0 Å². The predicted molar refractivity (Wildman–Crippen MR) is 62.7 cm³/mol. The van der Waals surface area contributed by atoms with E-state index in [9.17, 15) is 4.79 Å². The van der Waals surface area contributed by atoms with Gasteiger partial charge in [-0.05, 0) is 18.2 Å². The van der Waals surface area contributed by atoms with Crippen molar-refractivity contribution in [1.82, 2.24) is 0 Å². The second-order valence-electron chi connectivity index (χ2n) is 3.34. The number of nitrogens with one attached hydrogen (secondary N) is 1. The van der Waals surface area contributed by atoms with E-state index in [1.54, 1.807) is 11.8 Å². The molecular formula is C10H10BrNOS. The van der Waals surface area contributed by atoms with Gasteiger partial charge in [-0.3, -0.25) is 4.79 Å². The fraction of sp³-hybridized carbons (Fsp3) is 0.300. The molecule has 1 heterocycles. The largest absolute Gasteiger partial charge is 0.325 e. The number of fused-ring (bicyclic) bond motifs is 1. The van der Waals surface area contributed by atoms with Crippen LogP contribution in [0.3, 0.4) is 0 Å². The molecule has 1 atom stereocenters. The Kier molecular flexibility index (Phi) is 2.83. The summed E-state index contributed by atoms with van der Waals surface area (Å²) < 4.78 is 1.05. The van der Waals surface area contributed by atoms with Crippen LogP contribution in [0, 0.1) is 5.92 Å². The molecule has 1 aromatic carbocycles. The molecule has 0 saturated heterocycles. The molecule has 0 bridgehead atoms. The van der Waals surface area contributed by atoms with E-state index in [0.717, 1.165) is 20.8 Å². The van der Waals surface area contributed by atoms with Crippen LogP contribution in [0.4, 0.5) is 5.69 Å². The molecule has 4 heteroatoms. The Morgan fingerprint density at radius 3 is 3.14 bits per heavy atom. The molecule has 0 aliphatic carbocycles. The van der Waals surface area contributed by atoms with Crippen molar-refractivity contribution in [3.8, 4) is 0 Å². The van der Waals surface area contributed by atoms with E-state index in [1.165, 1.54) is 0 Å². The number of hydrogen-bond acceptors (Lipinski definition) is 2. The molecule has 1 aliphatic heterocycles. The molecular weight excluding hydrogens is 262 g/mol. The first kappa shape index (κ1) is 10.1. The second-order valence-corrected chi connectivity index (χ2v) is 5.32. The smallest absolute Gasteiger partial charge is 0.228 e. The minimum Gasteiger partial charge on any atom is -0.325 e. The monoisotopic (exact) mass is 271 g/mol. The summed E-state index contributed by atoms with van der Waals surface area (Å²) in [6.07, 6.45) is 0. The lowest BCUT2D eigenvalue weighted by atomic mass is 10.2. The Balaban J connectivity index is 2.37. The lowest BCUT2D eigenvalue weighted by molar-refractivity contribution is -0.118. The number of thioether (sulfide) groups is 1. The molecule has 74 valence electrons. The standard InChI is InChI=1S/C10H10BrNOS/c1-6-5-14-9-4-7(11)2-3-8(9)12-10(6)13/h2-4,6H,5H2,1H3,(H,12,13). The van der Waals surface area contributed by atoms with Gasteiger partial charge < -0.3 is 5.32 Å². The van der Waals surface area contributed by atoms with Crippen LogP contribution in [0.1, 0.15) is 6.92 Å². The molecule has 0 radical (unpaired) electrons. The van der Waals surface area contributed by atoms with Crippen LogP contribution < -0.4 is 5.32 Å². The number of benzene rings is 1. The lowest BCUT2D eigenvalue weighted by Crippen LogP contribution is -2.20. The van der Waals surface area contributed by atoms with Crippen molar-refractivity contribution in [3.63, 3.8) is 0 Å². The maximum atomic E-state index is 11.5. The molecule has 1 N–H and O–H groups in total. The molecule has 1 amide bonds. The van der Waals surface area contributed by atoms with Gasteiger partial charge in [0.15, 0.2) is 0 Å². The van der Waals surface area contributed by atoms with E-state index in [0.29, 0.717) is 0 Å². The molecule has 0 aromatic heterocycles. The van der Waals surface area contributed by atoms with Gasteiger partial charge in [-0.2, -0.15) is 0 Å². The second kappa shape index (κ2) is 3.95. The molecule has 1 unspecified atom stereocenters. The highest BCUT2D eigenvalue weighted by molar-refractivity contribution is 9.10. The number of carbonyl (C=O) groups excluding carboxylic acids is 1. The maximum Gasteiger partial charge on any atom is 0.228 e. The summed E-state index contributed by atoms with van der Waals surface area (Å²) in [4.78, 5) is 12.7. The minimum absolute atomic E-state index is 0.0752. The van der Waals surface area contributed by atoms with E-state index in [4.69, 9.17) is 0 Å². The molecule has 2 rings (SSSR count). The van der Waals surface area contributed by atoms with E-state index < -0.39 is 0 Å². The zero-order valence-electron chi connectivity index (χ0n) is 7.71. The van der Waals surface area contributed by atoms with Crippen molar-refractivity contribution in [3.05, 3.63) is 22.7 Å². The lowest BCUT2D eigenvalue weighted by Gasteiger charge is -2.06. The number of amides is 1. The Hall–Kier alpha value is -0.480. The third kappa shape index (κ3) is 1.96. The van der Waals surface area contributed by atoms with Crippen LogP contribution in [0.15, 0.2) is 27.6 Å². The third-order valence-electron chi connectivity index (χ3n) is 2.14. The molecule has 2 nitrogen and oxygen atoms in total. The molecule has 1 aliphatic rings. The summed E-state index contributed by atoms with van der Waals surface area (Å²) in [6, 6.07) is 5.91. The highest BCUT2D eigenvalue weighted by Gasteiger charge is 2.19. The van der Waals surface area contributed by atoms with Gasteiger partial charge in [0.1, 0.15) is 0 Å². The van der Waals surface area contributed by atoms with Crippen LogP contribution in [0.2, 0.25) is 0 Å². The normalized spacial score (nSPS) is 21.0. The van der Waals surface area contributed by atoms with Gasteiger partial charge >= 0.3 is 0 Å². The first-order valence-corrected chi connectivity index (χ1v) is 6.18. The quantitative estimate of drug-likeness (QED) is 0.786. The van der Waals surface area contributed by atoms with E-state index in [1.807, 2.05) is 25.1 Å². The topological polar surface area (TPSA) is 29.1 Å². The van der Waals surface area contributed by atoms with Gasteiger partial charge in [0.25, 0.3) is 0 Å². The Morgan fingerprint density at radius 1 is 1.57 bits per heavy atom. The van der Waals surface area contributed by atoms with Crippen molar-refractivity contribution >= 4 is 39.3 Å². The number of rotatable bonds is 0. The van der Waals surface area contributed by atoms with Gasteiger partial charge in [-0.1, -0.05) is 22.9 Å². The predicted octanol–water partition coefficient (Wildman–Crippen LogP) is 3.13. The van der Waals surface area contributed by atoms with Crippen molar-refractivity contribution in [2.75, 3.05) is 11.1 Å². The van der Waals surface area contributed by atoms with E-state index >= 15 is 0 Å². The summed E-state index contributed by atoms with van der Waals surface area (Å²) in [7, 11) is 0. The van der Waals surface area contributed by atoms with Gasteiger partial charge in [0, 0.05) is 21.0 Å². The van der Waals surface area contributed by atoms with Crippen LogP contribution in [-0.2, 0) is 4.79 Å². The minimum atomic E-state index is 0.0752. The van der Waals surface area contributed by atoms with Gasteiger partial charge in [-0.15, -0.1) is 11.8 Å². The SMILES string of the molecule is CC1CSc2cc(Br)ccc2NC1=O. The zero-order chi connectivity index (χ0) is 10.1. The molecule has 0 fully saturated rings. The average molecular weight is 272 g/mol. The fourth-order valence-electron chi connectivity index (χ4n) is 1.27. The summed E-state index contributed by atoms with van der Waals surface area (Å²) in [5.41, 5.74) is 0.924. The Labute approximate surface area is 95.6 Å². The Bertz CT molecular complexity index is 380. The summed E-state index contributed by atoms with van der Waals surface area (Å²) >= 11 is 5.14. The number of halogens is 1. The van der Waals surface area contributed by atoms with Crippen molar-refractivity contribution < 1.29 is 4.79 Å². The van der Waals surface area contributed by atoms with Crippen molar-refractivity contribution in [2.45, 2.75) is 11.8 Å². The van der Waals surface area contributed by atoms with Crippen LogP contribution >= 0.6 is 27.7 Å². The molecule has 0 saturated carbocycles. The van der Waals surface area contributed by atoms with E-state index in [2.05, 4.69) is 21.2 Å². The number of carbonyl (C=O) groups is 1. The highest BCUT2D eigenvalue weighted by atomic mass is 79.9. The number of hydrogen-bond donors (Lipinski definition) is 1. The first-order chi connectivity index (χ1) is 6.66. The maximum absolute atomic E-state index is 11.5. The zero-order valence-corrected chi connectivity index (χ0v) is 10.1. The van der Waals surface area contributed by atoms with E-state index in [-0.39, 0.29) is 11.8 Å². The van der Waals surface area contributed by atoms with Crippen molar-refractivity contribution in [2.24, 2.45) is 5.92 Å². The number of anilines is 1. The first-order valence-electron chi connectivity index (χ1n) is 4.40. The fourth-order valence-corrected chi connectivity index (χ4v) is 2.84.